The summed E-state index contributed by atoms with van der Waals surface area (Å²) in [6, 6.07) is 7.53. The Balaban J connectivity index is 2.21. The maximum atomic E-state index is 10.1. The van der Waals surface area contributed by atoms with E-state index in [0.29, 0.717) is 13.1 Å². The second kappa shape index (κ2) is 6.52. The van der Waals surface area contributed by atoms with E-state index in [2.05, 4.69) is 9.50 Å². The lowest BCUT2D eigenvalue weighted by Crippen LogP contribution is -2.20. The van der Waals surface area contributed by atoms with Gasteiger partial charge in [0.15, 0.2) is 0 Å². The Morgan fingerprint density at radius 1 is 1.47 bits per heavy atom. The van der Waals surface area contributed by atoms with Crippen LogP contribution in [-0.2, 0) is 22.1 Å². The number of nitrogens with two attached hydrogens (primary N) is 1. The van der Waals surface area contributed by atoms with Gasteiger partial charge in [-0.1, -0.05) is 18.2 Å². The van der Waals surface area contributed by atoms with Crippen LogP contribution in [0.2, 0.25) is 0 Å². The van der Waals surface area contributed by atoms with E-state index in [9.17, 15) is 4.21 Å². The van der Waals surface area contributed by atoms with Crippen molar-refractivity contribution in [2.75, 3.05) is 18.9 Å². The average molecular weight is 230 g/mol. The third kappa shape index (κ3) is 4.89. The van der Waals surface area contributed by atoms with E-state index < -0.39 is 11.4 Å². The highest BCUT2D eigenvalue weighted by Gasteiger charge is 1.97. The Hall–Kier alpha value is -0.950. The van der Waals surface area contributed by atoms with Crippen LogP contribution in [0, 0.1) is 0 Å². The maximum Gasteiger partial charge on any atom is 0.301 e. The summed E-state index contributed by atoms with van der Waals surface area (Å²) >= 11 is -2.18. The van der Waals surface area contributed by atoms with E-state index in [0.717, 1.165) is 11.3 Å². The molecule has 6 heteroatoms. The number of benzene rings is 1. The van der Waals surface area contributed by atoms with E-state index in [1.165, 1.54) is 0 Å². The average Bonchev–Trinajstić information content (AvgIpc) is 2.20. The van der Waals surface area contributed by atoms with Crippen LogP contribution in [0.3, 0.4) is 0 Å². The summed E-state index contributed by atoms with van der Waals surface area (Å²) in [5.74, 6) is 0. The molecule has 0 amide bonds. The van der Waals surface area contributed by atoms with Crippen LogP contribution in [0.25, 0.3) is 0 Å². The minimum atomic E-state index is -2.18. The molecule has 0 spiro atoms. The lowest BCUT2D eigenvalue weighted by atomic mass is 10.2. The number of para-hydroxylation sites is 1. The van der Waals surface area contributed by atoms with Crippen LogP contribution in [0.5, 0.6) is 0 Å². The molecule has 1 aromatic carbocycles. The minimum Gasteiger partial charge on any atom is -0.398 e. The van der Waals surface area contributed by atoms with Crippen LogP contribution < -0.4 is 11.1 Å². The molecule has 0 saturated carbocycles. The van der Waals surface area contributed by atoms with E-state index in [1.807, 2.05) is 24.3 Å². The van der Waals surface area contributed by atoms with Gasteiger partial charge < -0.3 is 11.1 Å². The van der Waals surface area contributed by atoms with Gasteiger partial charge in [-0.25, -0.2) is 0 Å². The summed E-state index contributed by atoms with van der Waals surface area (Å²) < 4.78 is 22.9. The monoisotopic (exact) mass is 230 g/mol. The standard InChI is InChI=1S/C9H14N2O3S/c10-9-4-2-1-3-8(9)7-11-5-6-14-15(12)13/h1-4,11H,5-7,10H2,(H,12,13). The number of hydrogen-bond acceptors (Lipinski definition) is 4. The fraction of sp³-hybridized carbons (Fsp3) is 0.333. The molecule has 84 valence electrons. The molecular formula is C9H14N2O3S. The Morgan fingerprint density at radius 3 is 2.87 bits per heavy atom. The third-order valence-corrected chi connectivity index (χ3v) is 2.20. The highest BCUT2D eigenvalue weighted by Crippen LogP contribution is 2.09. The summed E-state index contributed by atoms with van der Waals surface area (Å²) in [4.78, 5) is 0. The fourth-order valence-electron chi connectivity index (χ4n) is 1.10. The molecule has 0 fully saturated rings. The molecule has 5 nitrogen and oxygen atoms in total. The highest BCUT2D eigenvalue weighted by molar-refractivity contribution is 7.74. The van der Waals surface area contributed by atoms with Gasteiger partial charge in [-0.3, -0.25) is 8.74 Å². The third-order valence-electron chi connectivity index (χ3n) is 1.83. The number of hydrogen-bond donors (Lipinski definition) is 3. The lowest BCUT2D eigenvalue weighted by molar-refractivity contribution is 0.304. The van der Waals surface area contributed by atoms with Gasteiger partial charge in [-0.2, -0.15) is 4.21 Å². The minimum absolute atomic E-state index is 0.190. The zero-order valence-electron chi connectivity index (χ0n) is 8.18. The molecule has 0 saturated heterocycles. The number of rotatable bonds is 6. The quantitative estimate of drug-likeness (QED) is 0.377. The molecule has 0 radical (unpaired) electrons. The van der Waals surface area contributed by atoms with Gasteiger partial charge in [-0.15, -0.1) is 0 Å². The van der Waals surface area contributed by atoms with Crippen LogP contribution >= 0.6 is 0 Å². The second-order valence-electron chi connectivity index (χ2n) is 2.91. The first kappa shape index (κ1) is 12.1. The maximum absolute atomic E-state index is 10.1. The Morgan fingerprint density at radius 2 is 2.20 bits per heavy atom. The van der Waals surface area contributed by atoms with Gasteiger partial charge in [0, 0.05) is 18.8 Å². The molecule has 15 heavy (non-hydrogen) atoms. The molecule has 1 aromatic rings. The van der Waals surface area contributed by atoms with Crippen molar-refractivity contribution in [1.82, 2.24) is 5.32 Å². The SMILES string of the molecule is Nc1ccccc1CNCCOS(=O)O. The van der Waals surface area contributed by atoms with Gasteiger partial charge in [0.25, 0.3) is 0 Å². The molecule has 1 unspecified atom stereocenters. The van der Waals surface area contributed by atoms with Crippen LogP contribution in [-0.4, -0.2) is 21.9 Å². The molecule has 0 aliphatic carbocycles. The van der Waals surface area contributed by atoms with Gasteiger partial charge in [-0.05, 0) is 11.6 Å². The van der Waals surface area contributed by atoms with Gasteiger partial charge >= 0.3 is 11.4 Å². The highest BCUT2D eigenvalue weighted by atomic mass is 32.2. The summed E-state index contributed by atoms with van der Waals surface area (Å²) in [6.07, 6.45) is 0. The van der Waals surface area contributed by atoms with E-state index in [1.54, 1.807) is 0 Å². The smallest absolute Gasteiger partial charge is 0.301 e. The molecule has 0 aliphatic rings. The van der Waals surface area contributed by atoms with Crippen molar-refractivity contribution in [3.05, 3.63) is 29.8 Å². The van der Waals surface area contributed by atoms with Gasteiger partial charge in [0.1, 0.15) is 0 Å². The van der Waals surface area contributed by atoms with E-state index in [-0.39, 0.29) is 6.61 Å². The van der Waals surface area contributed by atoms with Crippen molar-refractivity contribution < 1.29 is 12.9 Å². The van der Waals surface area contributed by atoms with Crippen molar-refractivity contribution in [3.63, 3.8) is 0 Å². The van der Waals surface area contributed by atoms with Gasteiger partial charge in [0.2, 0.25) is 0 Å². The van der Waals surface area contributed by atoms with Crippen LogP contribution in [0.15, 0.2) is 24.3 Å². The first-order chi connectivity index (χ1) is 7.20. The molecule has 0 bridgehead atoms. The molecule has 1 atom stereocenters. The van der Waals surface area contributed by atoms with E-state index in [4.69, 9.17) is 10.3 Å². The second-order valence-corrected chi connectivity index (χ2v) is 3.58. The summed E-state index contributed by atoms with van der Waals surface area (Å²) in [5.41, 5.74) is 7.46. The van der Waals surface area contributed by atoms with Crippen molar-refractivity contribution in [1.29, 1.82) is 0 Å². The predicted octanol–water partition coefficient (Wildman–Crippen LogP) is 0.512. The normalized spacial score (nSPS) is 12.6. The van der Waals surface area contributed by atoms with Crippen LogP contribution in [0.4, 0.5) is 5.69 Å². The number of nitrogens with one attached hydrogen (secondary N) is 1. The van der Waals surface area contributed by atoms with Crippen molar-refractivity contribution in [2.45, 2.75) is 6.54 Å². The van der Waals surface area contributed by atoms with Crippen molar-refractivity contribution in [2.24, 2.45) is 0 Å². The largest absolute Gasteiger partial charge is 0.398 e. The summed E-state index contributed by atoms with van der Waals surface area (Å²) in [5, 5.41) is 3.05. The zero-order valence-corrected chi connectivity index (χ0v) is 9.00. The Kier molecular flexibility index (Phi) is 5.27. The van der Waals surface area contributed by atoms with Crippen LogP contribution in [0.1, 0.15) is 5.56 Å². The summed E-state index contributed by atoms with van der Waals surface area (Å²) in [7, 11) is 0. The topological polar surface area (TPSA) is 84.6 Å². The summed E-state index contributed by atoms with van der Waals surface area (Å²) in [6.45, 7) is 1.31. The number of nitrogen functional groups attached to an aromatic ring is 1. The Labute approximate surface area is 91.1 Å². The predicted molar refractivity (Wildman–Crippen MR) is 59.3 cm³/mol. The molecule has 0 heterocycles. The first-order valence-electron chi connectivity index (χ1n) is 4.48. The van der Waals surface area contributed by atoms with Gasteiger partial charge in [0.05, 0.1) is 6.61 Å². The lowest BCUT2D eigenvalue weighted by Gasteiger charge is -2.06. The number of anilines is 1. The molecule has 0 aliphatic heterocycles. The molecule has 1 rings (SSSR count). The van der Waals surface area contributed by atoms with Crippen molar-refractivity contribution >= 4 is 17.0 Å². The molecule has 0 aromatic heterocycles. The Bertz CT molecular complexity index is 333. The molecular weight excluding hydrogens is 216 g/mol. The molecule has 4 N–H and O–H groups in total. The first-order valence-corrected chi connectivity index (χ1v) is 5.51. The van der Waals surface area contributed by atoms with E-state index >= 15 is 0 Å². The zero-order chi connectivity index (χ0) is 11.1. The fourth-order valence-corrected chi connectivity index (χ4v) is 1.33. The van der Waals surface area contributed by atoms with Crippen molar-refractivity contribution in [3.8, 4) is 0 Å².